The highest BCUT2D eigenvalue weighted by Crippen LogP contribution is 2.50. The van der Waals surface area contributed by atoms with Crippen molar-refractivity contribution in [2.24, 2.45) is 0 Å². The number of benzene rings is 2. The van der Waals surface area contributed by atoms with Crippen LogP contribution in [-0.4, -0.2) is 32.4 Å². The summed E-state index contributed by atoms with van der Waals surface area (Å²) >= 11 is 0. The van der Waals surface area contributed by atoms with Gasteiger partial charge in [0.05, 0.1) is 0 Å². The van der Waals surface area contributed by atoms with Crippen LogP contribution in [0.15, 0.2) is 58.1 Å². The van der Waals surface area contributed by atoms with Crippen LogP contribution in [0.1, 0.15) is 41.4 Å². The van der Waals surface area contributed by atoms with E-state index in [9.17, 15) is 24.6 Å². The quantitative estimate of drug-likeness (QED) is 0.495. The largest absolute Gasteiger partial charge is 0.482 e. The third kappa shape index (κ3) is 2.36. The number of nitrogens with zero attached hydrogens (tertiary/aromatic N) is 1. The molecule has 0 bridgehead atoms. The van der Waals surface area contributed by atoms with E-state index in [1.54, 1.807) is 44.2 Å². The van der Waals surface area contributed by atoms with Gasteiger partial charge in [-0.1, -0.05) is 24.3 Å². The third-order valence-corrected chi connectivity index (χ3v) is 6.15. The highest BCUT2D eigenvalue weighted by Gasteiger charge is 2.59. The van der Waals surface area contributed by atoms with E-state index >= 15 is 0 Å². The SMILES string of the molecule is CC1(C)Oc2ccc(-c3cc(=O)c3=O)cc2C(N2Cc3ccccc3C2=O)C1(O)O. The average Bonchev–Trinajstić information content (AvgIpc) is 3.02. The first-order chi connectivity index (χ1) is 14.1. The van der Waals surface area contributed by atoms with Gasteiger partial charge in [-0.25, -0.2) is 0 Å². The number of fused-ring (bicyclic) bond motifs is 2. The number of hydrogen-bond donors (Lipinski definition) is 2. The van der Waals surface area contributed by atoms with E-state index in [1.807, 2.05) is 12.1 Å². The molecule has 0 saturated carbocycles. The zero-order valence-electron chi connectivity index (χ0n) is 16.4. The molecule has 30 heavy (non-hydrogen) atoms. The van der Waals surface area contributed by atoms with Gasteiger partial charge in [-0.2, -0.15) is 0 Å². The first kappa shape index (κ1) is 18.7. The Balaban J connectivity index is 1.68. The van der Waals surface area contributed by atoms with Crippen LogP contribution in [-0.2, 0) is 6.54 Å². The monoisotopic (exact) mass is 405 g/mol. The van der Waals surface area contributed by atoms with Crippen molar-refractivity contribution in [3.05, 3.63) is 85.7 Å². The lowest BCUT2D eigenvalue weighted by Crippen LogP contribution is -2.63. The van der Waals surface area contributed by atoms with Crippen molar-refractivity contribution in [2.45, 2.75) is 37.8 Å². The summed E-state index contributed by atoms with van der Waals surface area (Å²) in [7, 11) is 0. The maximum atomic E-state index is 13.1. The molecule has 2 aliphatic rings. The lowest BCUT2D eigenvalue weighted by Gasteiger charge is -2.50. The second kappa shape index (κ2) is 5.87. The van der Waals surface area contributed by atoms with Crippen molar-refractivity contribution in [3.8, 4) is 16.9 Å². The molecule has 2 heterocycles. The molecule has 0 radical (unpaired) electrons. The molecule has 0 spiro atoms. The normalized spacial score (nSPS) is 21.3. The summed E-state index contributed by atoms with van der Waals surface area (Å²) in [4.78, 5) is 37.8. The standard InChI is InChI=1S/C23H19NO6/c1-22(2)23(28,29)20(24-11-13-5-3-4-6-14(13)21(24)27)16-9-12(7-8-18(16)30-22)15-10-17(25)19(15)26/h3-10,20,28-29H,11H2,1-2H3. The van der Waals surface area contributed by atoms with E-state index in [4.69, 9.17) is 4.74 Å². The number of amides is 1. The van der Waals surface area contributed by atoms with Crippen molar-refractivity contribution in [2.75, 3.05) is 0 Å². The molecule has 1 unspecified atom stereocenters. The number of aliphatic hydroxyl groups is 2. The number of carbonyl (C=O) groups is 1. The zero-order valence-corrected chi connectivity index (χ0v) is 16.4. The van der Waals surface area contributed by atoms with Gasteiger partial charge < -0.3 is 19.8 Å². The average molecular weight is 405 g/mol. The van der Waals surface area contributed by atoms with Crippen molar-refractivity contribution in [1.29, 1.82) is 0 Å². The molecule has 3 aromatic rings. The lowest BCUT2D eigenvalue weighted by atomic mass is 9.81. The van der Waals surface area contributed by atoms with E-state index < -0.39 is 28.3 Å². The first-order valence-electron chi connectivity index (χ1n) is 9.59. The summed E-state index contributed by atoms with van der Waals surface area (Å²) in [5, 5.41) is 22.3. The number of ether oxygens (including phenoxy) is 1. The van der Waals surface area contributed by atoms with Crippen LogP contribution < -0.4 is 15.6 Å². The van der Waals surface area contributed by atoms with Crippen molar-refractivity contribution in [1.82, 2.24) is 4.90 Å². The molecular weight excluding hydrogens is 386 g/mol. The van der Waals surface area contributed by atoms with Gasteiger partial charge in [0.15, 0.2) is 5.60 Å². The summed E-state index contributed by atoms with van der Waals surface area (Å²) in [5.41, 5.74) is -0.182. The van der Waals surface area contributed by atoms with Crippen LogP contribution in [0, 0.1) is 0 Å². The van der Waals surface area contributed by atoms with Gasteiger partial charge in [0.25, 0.3) is 5.91 Å². The fourth-order valence-corrected chi connectivity index (χ4v) is 4.32. The molecule has 0 aliphatic carbocycles. The summed E-state index contributed by atoms with van der Waals surface area (Å²) in [6.07, 6.45) is 0. The Hall–Kier alpha value is -3.29. The minimum Gasteiger partial charge on any atom is -0.482 e. The molecule has 0 aromatic heterocycles. The maximum absolute atomic E-state index is 13.1. The molecule has 0 fully saturated rings. The van der Waals surface area contributed by atoms with Crippen LogP contribution in [0.25, 0.3) is 11.1 Å². The number of hydrogen-bond acceptors (Lipinski definition) is 6. The van der Waals surface area contributed by atoms with E-state index in [1.165, 1.54) is 11.0 Å². The Kier molecular flexibility index (Phi) is 3.66. The Bertz CT molecular complexity index is 1280. The van der Waals surface area contributed by atoms with Gasteiger partial charge in [0.2, 0.25) is 16.6 Å². The Morgan fingerprint density at radius 2 is 1.73 bits per heavy atom. The zero-order chi connectivity index (χ0) is 21.4. The first-order valence-corrected chi connectivity index (χ1v) is 9.59. The molecule has 3 aromatic carbocycles. The van der Waals surface area contributed by atoms with Gasteiger partial charge in [-0.15, -0.1) is 0 Å². The molecule has 0 saturated heterocycles. The fourth-order valence-electron chi connectivity index (χ4n) is 4.32. The van der Waals surface area contributed by atoms with Gasteiger partial charge >= 0.3 is 0 Å². The minimum absolute atomic E-state index is 0.211. The summed E-state index contributed by atoms with van der Waals surface area (Å²) in [6, 6.07) is 12.1. The van der Waals surface area contributed by atoms with Crippen molar-refractivity contribution >= 4 is 5.91 Å². The van der Waals surface area contributed by atoms with Gasteiger partial charge in [0.1, 0.15) is 11.8 Å². The highest BCUT2D eigenvalue weighted by molar-refractivity contribution is 5.98. The molecule has 5 rings (SSSR count). The van der Waals surface area contributed by atoms with E-state index in [2.05, 4.69) is 0 Å². The minimum atomic E-state index is -2.41. The van der Waals surface area contributed by atoms with Crippen molar-refractivity contribution in [3.63, 3.8) is 0 Å². The predicted octanol–water partition coefficient (Wildman–Crippen LogP) is 1.50. The van der Waals surface area contributed by atoms with Crippen LogP contribution in [0.3, 0.4) is 0 Å². The Morgan fingerprint density at radius 1 is 1.00 bits per heavy atom. The van der Waals surface area contributed by atoms with Gasteiger partial charge in [-0.3, -0.25) is 14.4 Å². The van der Waals surface area contributed by atoms with Gasteiger partial charge in [0, 0.05) is 29.3 Å². The topological polar surface area (TPSA) is 104 Å². The number of rotatable bonds is 2. The molecule has 7 heteroatoms. The van der Waals surface area contributed by atoms with E-state index in [0.29, 0.717) is 22.4 Å². The smallest absolute Gasteiger partial charge is 0.255 e. The van der Waals surface area contributed by atoms with E-state index in [0.717, 1.165) is 5.56 Å². The molecule has 152 valence electrons. The molecule has 1 atom stereocenters. The Labute approximate surface area is 171 Å². The van der Waals surface area contributed by atoms with Gasteiger partial charge in [-0.05, 0) is 43.2 Å². The second-order valence-corrected chi connectivity index (χ2v) is 8.34. The maximum Gasteiger partial charge on any atom is 0.255 e. The van der Waals surface area contributed by atoms with Crippen LogP contribution >= 0.6 is 0 Å². The van der Waals surface area contributed by atoms with Crippen LogP contribution in [0.2, 0.25) is 0 Å². The molecule has 7 nitrogen and oxygen atoms in total. The van der Waals surface area contributed by atoms with E-state index in [-0.39, 0.29) is 18.0 Å². The second-order valence-electron chi connectivity index (χ2n) is 8.34. The summed E-state index contributed by atoms with van der Waals surface area (Å²) in [5.74, 6) is -2.34. The van der Waals surface area contributed by atoms with Crippen molar-refractivity contribution < 1.29 is 19.7 Å². The Morgan fingerprint density at radius 3 is 2.40 bits per heavy atom. The highest BCUT2D eigenvalue weighted by atomic mass is 16.6. The van der Waals surface area contributed by atoms with Crippen LogP contribution in [0.5, 0.6) is 5.75 Å². The van der Waals surface area contributed by atoms with Crippen LogP contribution in [0.4, 0.5) is 0 Å². The third-order valence-electron chi connectivity index (χ3n) is 6.15. The molecule has 2 N–H and O–H groups in total. The predicted molar refractivity (Wildman–Crippen MR) is 108 cm³/mol. The fraction of sp³-hybridized carbons (Fsp3) is 0.261. The number of carbonyl (C=O) groups excluding carboxylic acids is 1. The summed E-state index contributed by atoms with van der Waals surface area (Å²) in [6.45, 7) is 3.30. The molecule has 1 amide bonds. The lowest BCUT2D eigenvalue weighted by molar-refractivity contribution is -0.292. The molecule has 2 aliphatic heterocycles. The molecular formula is C23H19NO6. The summed E-state index contributed by atoms with van der Waals surface area (Å²) < 4.78 is 5.86.